The molecule has 0 amide bonds. The lowest BCUT2D eigenvalue weighted by Crippen LogP contribution is -1.89. The predicted molar refractivity (Wildman–Crippen MR) is 55.1 cm³/mol. The fourth-order valence-corrected chi connectivity index (χ4v) is 1.25. The van der Waals surface area contributed by atoms with E-state index < -0.39 is 15.6 Å². The second kappa shape index (κ2) is 10.7. The molecule has 0 aliphatic rings. The smallest absolute Gasteiger partial charge is 0.323 e. The van der Waals surface area contributed by atoms with E-state index in [0.717, 1.165) is 0 Å². The molecule has 15 heavy (non-hydrogen) atoms. The zero-order valence-electron chi connectivity index (χ0n) is 8.91. The van der Waals surface area contributed by atoms with Crippen LogP contribution in [0.25, 0.3) is 0 Å². The number of phosphoric acid groups is 2. The molecule has 0 heterocycles. The van der Waals surface area contributed by atoms with Crippen LogP contribution in [-0.4, -0.2) is 47.8 Å². The average molecular weight is 268 g/mol. The van der Waals surface area contributed by atoms with Crippen LogP contribution in [0.15, 0.2) is 0 Å². The van der Waals surface area contributed by atoms with Crippen LogP contribution in [0.1, 0.15) is 0 Å². The van der Waals surface area contributed by atoms with Crippen molar-refractivity contribution in [2.24, 2.45) is 0 Å². The highest BCUT2D eigenvalue weighted by Crippen LogP contribution is 2.53. The van der Waals surface area contributed by atoms with Gasteiger partial charge in [-0.25, -0.2) is 9.13 Å². The van der Waals surface area contributed by atoms with Crippen LogP contribution in [-0.2, 0) is 13.4 Å². The van der Waals surface area contributed by atoms with Crippen molar-refractivity contribution >= 4 is 15.6 Å². The minimum Gasteiger partial charge on any atom is -0.323 e. The first-order valence-corrected chi connectivity index (χ1v) is 6.59. The van der Waals surface area contributed by atoms with Gasteiger partial charge < -0.3 is 30.2 Å². The summed E-state index contributed by atoms with van der Waals surface area (Å²) in [5, 5.41) is 5.50. The first kappa shape index (κ1) is 20.6. The summed E-state index contributed by atoms with van der Waals surface area (Å²) in [4.78, 5) is 31.0. The molecule has 0 aromatic rings. The van der Waals surface area contributed by atoms with Crippen LogP contribution >= 0.6 is 15.6 Å². The lowest BCUT2D eigenvalue weighted by atomic mass is 11.3. The van der Waals surface area contributed by atoms with Crippen molar-refractivity contribution in [2.75, 3.05) is 28.2 Å². The van der Waals surface area contributed by atoms with Gasteiger partial charge in [0, 0.05) is 0 Å². The number of rotatable bonds is 2. The Morgan fingerprint density at radius 3 is 0.933 bits per heavy atom. The molecule has 0 aromatic carbocycles. The Balaban J connectivity index is -0.000000200. The largest absolute Gasteiger partial charge is 0.478 e. The monoisotopic (exact) mass is 268 g/mol. The van der Waals surface area contributed by atoms with Gasteiger partial charge in [-0.15, -0.1) is 0 Å². The van der Waals surface area contributed by atoms with Crippen molar-refractivity contribution in [1.82, 2.24) is 10.6 Å². The first-order valence-electron chi connectivity index (χ1n) is 3.53. The molecular weight excluding hydrogens is 250 g/mol. The van der Waals surface area contributed by atoms with E-state index in [1.54, 1.807) is 0 Å². The maximum absolute atomic E-state index is 9.63. The molecular formula is C4H18N2O7P2. The van der Waals surface area contributed by atoms with E-state index in [-0.39, 0.29) is 0 Å². The van der Waals surface area contributed by atoms with E-state index in [1.165, 1.54) is 0 Å². The van der Waals surface area contributed by atoms with E-state index in [2.05, 4.69) is 14.9 Å². The molecule has 0 bridgehead atoms. The molecule has 0 unspecified atom stereocenters. The highest BCUT2D eigenvalue weighted by Gasteiger charge is 2.27. The van der Waals surface area contributed by atoms with E-state index in [1.807, 2.05) is 28.2 Å². The van der Waals surface area contributed by atoms with Crippen LogP contribution in [0.2, 0.25) is 0 Å². The van der Waals surface area contributed by atoms with Crippen LogP contribution in [0.4, 0.5) is 0 Å². The van der Waals surface area contributed by atoms with Crippen LogP contribution in [0, 0.1) is 0 Å². The van der Waals surface area contributed by atoms with Gasteiger partial charge in [-0.2, -0.15) is 4.31 Å². The molecule has 0 saturated carbocycles. The number of hydrogen-bond donors (Lipinski definition) is 6. The van der Waals surface area contributed by atoms with Crippen LogP contribution in [0.3, 0.4) is 0 Å². The molecule has 6 N–H and O–H groups in total. The summed E-state index contributed by atoms with van der Waals surface area (Å²) in [6.07, 6.45) is 0. The summed E-state index contributed by atoms with van der Waals surface area (Å²) >= 11 is 0. The van der Waals surface area contributed by atoms with Gasteiger partial charge in [-0.05, 0) is 28.2 Å². The molecule has 0 saturated heterocycles. The number of hydrogen-bond acceptors (Lipinski definition) is 5. The van der Waals surface area contributed by atoms with E-state index in [0.29, 0.717) is 0 Å². The average Bonchev–Trinajstić information content (AvgIpc) is 1.80. The quantitative estimate of drug-likeness (QED) is 0.342. The van der Waals surface area contributed by atoms with Gasteiger partial charge in [-0.1, -0.05) is 0 Å². The molecule has 0 spiro atoms. The maximum Gasteiger partial charge on any atom is 0.478 e. The molecule has 96 valence electrons. The molecule has 0 radical (unpaired) electrons. The van der Waals surface area contributed by atoms with Gasteiger partial charge in [0.15, 0.2) is 0 Å². The number of nitrogens with one attached hydrogen (secondary N) is 2. The third kappa shape index (κ3) is 55.1. The van der Waals surface area contributed by atoms with Gasteiger partial charge >= 0.3 is 15.6 Å². The zero-order chi connectivity index (χ0) is 13.1. The third-order valence-electron chi connectivity index (χ3n) is 0.213. The Morgan fingerprint density at radius 2 is 0.933 bits per heavy atom. The highest BCUT2D eigenvalue weighted by atomic mass is 31.3. The molecule has 0 aromatic heterocycles. The Kier molecular flexibility index (Phi) is 14.7. The second-order valence-corrected chi connectivity index (χ2v) is 4.68. The molecule has 11 heteroatoms. The summed E-state index contributed by atoms with van der Waals surface area (Å²) < 4.78 is 22.2. The molecule has 9 nitrogen and oxygen atoms in total. The highest BCUT2D eigenvalue weighted by molar-refractivity contribution is 7.60. The van der Waals surface area contributed by atoms with Gasteiger partial charge in [0.1, 0.15) is 0 Å². The molecule has 0 atom stereocenters. The van der Waals surface area contributed by atoms with Gasteiger partial charge in [0.2, 0.25) is 0 Å². The SMILES string of the molecule is CNC.CNC.O=P(O)(O)OP(=O)(O)O. The van der Waals surface area contributed by atoms with Crippen molar-refractivity contribution in [2.45, 2.75) is 0 Å². The molecule has 0 aliphatic heterocycles. The predicted octanol–water partition coefficient (Wildman–Crippen LogP) is -1.14. The summed E-state index contributed by atoms with van der Waals surface area (Å²) in [6, 6.07) is 0. The molecule has 0 rings (SSSR count). The normalized spacial score (nSPS) is 10.7. The van der Waals surface area contributed by atoms with E-state index in [4.69, 9.17) is 19.6 Å². The van der Waals surface area contributed by atoms with Crippen molar-refractivity contribution in [3.63, 3.8) is 0 Å². The second-order valence-electron chi connectivity index (χ2n) is 2.06. The summed E-state index contributed by atoms with van der Waals surface area (Å²) in [7, 11) is -2.60. The fourth-order valence-electron chi connectivity index (χ4n) is 0.139. The van der Waals surface area contributed by atoms with Crippen LogP contribution in [0.5, 0.6) is 0 Å². The lowest BCUT2D eigenvalue weighted by Gasteiger charge is -2.03. The van der Waals surface area contributed by atoms with Crippen molar-refractivity contribution in [1.29, 1.82) is 0 Å². The molecule has 0 aliphatic carbocycles. The van der Waals surface area contributed by atoms with Crippen molar-refractivity contribution in [3.8, 4) is 0 Å². The molecule has 0 fully saturated rings. The van der Waals surface area contributed by atoms with Crippen molar-refractivity contribution < 1.29 is 33.0 Å². The Morgan fingerprint density at radius 1 is 0.800 bits per heavy atom. The van der Waals surface area contributed by atoms with E-state index in [9.17, 15) is 9.13 Å². The van der Waals surface area contributed by atoms with Crippen molar-refractivity contribution in [3.05, 3.63) is 0 Å². The van der Waals surface area contributed by atoms with E-state index >= 15 is 0 Å². The Hall–Kier alpha value is 0.180. The standard InChI is InChI=1S/2C2H7N.H4O7P2/c2*1-3-2;1-8(2,3)7-9(4,5)6/h2*3H,1-2H3;(H2,1,2,3)(H2,4,5,6). The summed E-state index contributed by atoms with van der Waals surface area (Å²) in [6.45, 7) is 0. The first-order chi connectivity index (χ1) is 6.54. The van der Waals surface area contributed by atoms with Crippen LogP contribution < -0.4 is 10.6 Å². The fraction of sp³-hybridized carbons (Fsp3) is 1.00. The van der Waals surface area contributed by atoms with Gasteiger partial charge in [-0.3, -0.25) is 0 Å². The van der Waals surface area contributed by atoms with Gasteiger partial charge in [0.05, 0.1) is 0 Å². The maximum atomic E-state index is 9.63. The zero-order valence-corrected chi connectivity index (χ0v) is 10.7. The lowest BCUT2D eigenvalue weighted by molar-refractivity contribution is 0.225. The summed E-state index contributed by atoms with van der Waals surface area (Å²) in [5.41, 5.74) is 0. The third-order valence-corrected chi connectivity index (χ3v) is 1.91. The topological polar surface area (TPSA) is 148 Å². The summed E-state index contributed by atoms with van der Waals surface area (Å²) in [5.74, 6) is 0. The Labute approximate surface area is 88.3 Å². The van der Waals surface area contributed by atoms with Gasteiger partial charge in [0.25, 0.3) is 0 Å². The minimum absolute atomic E-state index is 1.88. The minimum atomic E-state index is -5.05. The Bertz CT molecular complexity index is 189.